The first kappa shape index (κ1) is 18.8. The first-order chi connectivity index (χ1) is 13.9. The lowest BCUT2D eigenvalue weighted by Crippen LogP contribution is -2.11. The molecule has 28 heavy (non-hydrogen) atoms. The van der Waals surface area contributed by atoms with Gasteiger partial charge in [0, 0.05) is 0 Å². The third kappa shape index (κ3) is 4.66. The molecule has 0 saturated carbocycles. The van der Waals surface area contributed by atoms with Crippen LogP contribution in [-0.4, -0.2) is 0 Å². The van der Waals surface area contributed by atoms with Gasteiger partial charge in [0.15, 0.2) is 0 Å². The molecule has 0 radical (unpaired) electrons. The van der Waals surface area contributed by atoms with E-state index in [1.165, 1.54) is 21.2 Å². The van der Waals surface area contributed by atoms with E-state index in [0.29, 0.717) is 0 Å². The Bertz CT molecular complexity index is 833. The van der Waals surface area contributed by atoms with E-state index in [-0.39, 0.29) is 0 Å². The zero-order chi connectivity index (χ0) is 19.0. The van der Waals surface area contributed by atoms with Gasteiger partial charge in [-0.05, 0) is 37.1 Å². The molecule has 0 aliphatic heterocycles. The average Bonchev–Trinajstić information content (AvgIpc) is 2.79. The molecule has 0 unspecified atom stereocenters. The van der Waals surface area contributed by atoms with Crippen molar-refractivity contribution in [1.82, 2.24) is 0 Å². The fraction of sp³-hybridized carbons (Fsp3) is 0. The van der Waals surface area contributed by atoms with Crippen molar-refractivity contribution in [3.05, 3.63) is 133 Å². The largest absolute Gasteiger partial charge is 0.0622 e. The predicted molar refractivity (Wildman–Crippen MR) is 127 cm³/mol. The minimum absolute atomic E-state index is 0.528. The predicted octanol–water partition coefficient (Wildman–Crippen LogP) is 5.72. The summed E-state index contributed by atoms with van der Waals surface area (Å²) < 4.78 is 0. The molecule has 0 bridgehead atoms. The Morgan fingerprint density at radius 3 is 0.750 bits per heavy atom. The molecule has 0 aliphatic carbocycles. The van der Waals surface area contributed by atoms with Crippen LogP contribution in [-0.2, 0) is 0 Å². The fourth-order valence-electron chi connectivity index (χ4n) is 3.13. The van der Waals surface area contributed by atoms with Crippen molar-refractivity contribution in [2.45, 2.75) is 0 Å². The van der Waals surface area contributed by atoms with Crippen molar-refractivity contribution in [2.75, 3.05) is 0 Å². The molecule has 0 aliphatic rings. The second-order valence-corrected chi connectivity index (χ2v) is 10.5. The second kappa shape index (κ2) is 9.61. The van der Waals surface area contributed by atoms with E-state index in [1.807, 2.05) is 0 Å². The average molecular weight is 396 g/mol. The van der Waals surface area contributed by atoms with Crippen molar-refractivity contribution in [2.24, 2.45) is 0 Å². The fourth-order valence-corrected chi connectivity index (χ4v) is 7.45. The Balaban J connectivity index is 1.75. The van der Waals surface area contributed by atoms with Crippen LogP contribution in [0.1, 0.15) is 0 Å². The van der Waals surface area contributed by atoms with Gasteiger partial charge in [-0.1, -0.05) is 133 Å². The highest BCUT2D eigenvalue weighted by Crippen LogP contribution is 2.42. The minimum atomic E-state index is -0.528. The summed E-state index contributed by atoms with van der Waals surface area (Å²) in [5.41, 5.74) is 0. The van der Waals surface area contributed by atoms with Crippen LogP contribution in [0, 0.1) is 0 Å². The highest BCUT2D eigenvalue weighted by Gasteiger charge is 2.14. The molecule has 4 aromatic carbocycles. The van der Waals surface area contributed by atoms with Crippen LogP contribution in [0.5, 0.6) is 0 Å². The molecule has 0 amide bonds. The Morgan fingerprint density at radius 2 is 0.536 bits per heavy atom. The van der Waals surface area contributed by atoms with Gasteiger partial charge in [-0.25, -0.2) is 0 Å². The Kier molecular flexibility index (Phi) is 6.46. The van der Waals surface area contributed by atoms with Gasteiger partial charge >= 0.3 is 0 Å². The maximum absolute atomic E-state index is 2.45. The van der Waals surface area contributed by atoms with Crippen LogP contribution in [0.4, 0.5) is 0 Å². The molecule has 0 spiro atoms. The zero-order valence-corrected chi connectivity index (χ0v) is 17.4. The lowest BCUT2D eigenvalue weighted by molar-refractivity contribution is 1.75. The highest BCUT2D eigenvalue weighted by atomic mass is 31.1. The van der Waals surface area contributed by atoms with Crippen molar-refractivity contribution in [3.8, 4) is 0 Å². The summed E-state index contributed by atoms with van der Waals surface area (Å²) >= 11 is 0. The summed E-state index contributed by atoms with van der Waals surface area (Å²) in [5, 5.41) is 5.54. The maximum atomic E-state index is 2.45. The van der Waals surface area contributed by atoms with Crippen molar-refractivity contribution in [1.29, 1.82) is 0 Å². The first-order valence-corrected chi connectivity index (χ1v) is 12.2. The van der Waals surface area contributed by atoms with Crippen LogP contribution in [0.25, 0.3) is 0 Å². The minimum Gasteiger partial charge on any atom is -0.0622 e. The quantitative estimate of drug-likeness (QED) is 0.366. The lowest BCUT2D eigenvalue weighted by Gasteiger charge is -2.18. The standard InChI is InChI=1S/C26H22P2/c1-5-13-23(14-6-1)27(24-15-7-2-8-16-24)21-22-28(25-17-9-3-10-18-25)26-19-11-4-12-20-26/h1-22H/b22-21+. The lowest BCUT2D eigenvalue weighted by atomic mass is 10.4. The molecule has 0 heterocycles. The van der Waals surface area contributed by atoms with E-state index < -0.39 is 15.8 Å². The van der Waals surface area contributed by atoms with Gasteiger partial charge in [-0.3, -0.25) is 0 Å². The summed E-state index contributed by atoms with van der Waals surface area (Å²) in [6, 6.07) is 43.4. The molecule has 0 aromatic heterocycles. The zero-order valence-electron chi connectivity index (χ0n) is 15.6. The molecule has 4 rings (SSSR count). The van der Waals surface area contributed by atoms with Crippen molar-refractivity contribution in [3.63, 3.8) is 0 Å². The Morgan fingerprint density at radius 1 is 0.321 bits per heavy atom. The summed E-state index contributed by atoms with van der Waals surface area (Å²) in [6.07, 6.45) is 0. The van der Waals surface area contributed by atoms with E-state index in [0.717, 1.165) is 0 Å². The molecule has 0 N–H and O–H groups in total. The topological polar surface area (TPSA) is 0 Å². The molecule has 0 fully saturated rings. The highest BCUT2D eigenvalue weighted by molar-refractivity contribution is 7.79. The first-order valence-electron chi connectivity index (χ1n) is 9.39. The monoisotopic (exact) mass is 396 g/mol. The third-order valence-corrected chi connectivity index (χ3v) is 9.05. The molecule has 136 valence electrons. The van der Waals surface area contributed by atoms with Gasteiger partial charge in [0.25, 0.3) is 0 Å². The molecule has 0 atom stereocenters. The Hall–Kier alpha value is -2.52. The summed E-state index contributed by atoms with van der Waals surface area (Å²) in [6.45, 7) is 0. The number of hydrogen-bond donors (Lipinski definition) is 0. The van der Waals surface area contributed by atoms with Crippen LogP contribution in [0.3, 0.4) is 0 Å². The van der Waals surface area contributed by atoms with Crippen LogP contribution < -0.4 is 21.2 Å². The smallest absolute Gasteiger partial charge is 0.0157 e. The summed E-state index contributed by atoms with van der Waals surface area (Å²) in [4.78, 5) is 0. The van der Waals surface area contributed by atoms with E-state index in [9.17, 15) is 0 Å². The normalized spacial score (nSPS) is 11.4. The molecular formula is C26H22P2. The third-order valence-electron chi connectivity index (χ3n) is 4.50. The van der Waals surface area contributed by atoms with Crippen LogP contribution >= 0.6 is 15.8 Å². The molecule has 0 nitrogen and oxygen atoms in total. The van der Waals surface area contributed by atoms with E-state index in [4.69, 9.17) is 0 Å². The van der Waals surface area contributed by atoms with Gasteiger partial charge in [0.2, 0.25) is 0 Å². The number of rotatable bonds is 6. The van der Waals surface area contributed by atoms with Crippen molar-refractivity contribution < 1.29 is 0 Å². The Labute approximate surface area is 170 Å². The summed E-state index contributed by atoms with van der Waals surface area (Å²) in [7, 11) is -1.06. The molecule has 2 heteroatoms. The van der Waals surface area contributed by atoms with Gasteiger partial charge in [0.1, 0.15) is 0 Å². The molecule has 4 aromatic rings. The maximum Gasteiger partial charge on any atom is -0.0157 e. The molecular weight excluding hydrogens is 374 g/mol. The van der Waals surface area contributed by atoms with E-state index in [2.05, 4.69) is 133 Å². The summed E-state index contributed by atoms with van der Waals surface area (Å²) in [5.74, 6) is 4.90. The second-order valence-electron chi connectivity index (χ2n) is 6.38. The SMILES string of the molecule is C(=C\P(c1ccccc1)c1ccccc1)/P(c1ccccc1)c1ccccc1. The van der Waals surface area contributed by atoms with Gasteiger partial charge in [0.05, 0.1) is 0 Å². The van der Waals surface area contributed by atoms with Gasteiger partial charge < -0.3 is 0 Å². The van der Waals surface area contributed by atoms with Gasteiger partial charge in [-0.15, -0.1) is 0 Å². The van der Waals surface area contributed by atoms with Gasteiger partial charge in [-0.2, -0.15) is 0 Å². The number of hydrogen-bond acceptors (Lipinski definition) is 0. The van der Waals surface area contributed by atoms with E-state index >= 15 is 0 Å². The van der Waals surface area contributed by atoms with E-state index in [1.54, 1.807) is 0 Å². The number of benzene rings is 4. The molecule has 0 saturated heterocycles. The van der Waals surface area contributed by atoms with Crippen LogP contribution in [0.15, 0.2) is 133 Å². The van der Waals surface area contributed by atoms with Crippen LogP contribution in [0.2, 0.25) is 0 Å². The van der Waals surface area contributed by atoms with Crippen molar-refractivity contribution >= 4 is 37.1 Å².